The monoisotopic (exact) mass is 532 g/mol. The molecule has 0 spiro atoms. The second-order valence-corrected chi connectivity index (χ2v) is 10.5. The van der Waals surface area contributed by atoms with E-state index in [0.29, 0.717) is 20.7 Å². The van der Waals surface area contributed by atoms with Crippen LogP contribution in [-0.2, 0) is 9.59 Å². The molecule has 0 radical (unpaired) electrons. The first-order chi connectivity index (χ1) is 17.7. The van der Waals surface area contributed by atoms with Gasteiger partial charge in [-0.2, -0.15) is 0 Å². The van der Waals surface area contributed by atoms with Crippen LogP contribution in [0.1, 0.15) is 27.8 Å². The fraction of sp³-hybridized carbons (Fsp3) is 0.207. The van der Waals surface area contributed by atoms with Crippen LogP contribution in [0.15, 0.2) is 59.5 Å². The Bertz CT molecular complexity index is 1430. The molecule has 1 N–H and O–H groups in total. The Hall–Kier alpha value is -3.62. The number of nitrogens with one attached hydrogen (secondary N) is 1. The molecule has 0 aliphatic carbocycles. The molecule has 190 valence electrons. The van der Waals surface area contributed by atoms with E-state index in [-0.39, 0.29) is 18.4 Å². The molecule has 4 rings (SSSR count). The molecule has 8 heteroatoms. The van der Waals surface area contributed by atoms with Crippen LogP contribution < -0.4 is 19.7 Å². The van der Waals surface area contributed by atoms with Crippen molar-refractivity contribution in [3.05, 3.63) is 87.3 Å². The third-order valence-corrected chi connectivity index (χ3v) is 7.48. The van der Waals surface area contributed by atoms with Crippen LogP contribution in [0, 0.1) is 27.7 Å². The summed E-state index contributed by atoms with van der Waals surface area (Å²) in [5, 5.41) is 2.84. The first-order valence-electron chi connectivity index (χ1n) is 11.7. The smallest absolute Gasteiger partial charge is 0.270 e. The third-order valence-electron chi connectivity index (χ3n) is 6.18. The van der Waals surface area contributed by atoms with Crippen molar-refractivity contribution in [2.75, 3.05) is 23.9 Å². The zero-order valence-corrected chi connectivity index (χ0v) is 23.0. The summed E-state index contributed by atoms with van der Waals surface area (Å²) in [6.45, 7) is 7.88. The van der Waals surface area contributed by atoms with E-state index < -0.39 is 0 Å². The highest BCUT2D eigenvalue weighted by Crippen LogP contribution is 2.37. The molecule has 1 aliphatic heterocycles. The standard InChI is InChI=1S/C29H28N2O4S2/c1-17-6-9-22(12-19(17)3)30-27(32)16-35-24-11-8-21(14-25(24)34-5)15-26-28(33)31(29(36)37-26)23-10-7-18(2)20(4)13-23/h6-15H,16H2,1-5H3,(H,30,32). The highest BCUT2D eigenvalue weighted by atomic mass is 32.2. The lowest BCUT2D eigenvalue weighted by molar-refractivity contribution is -0.118. The van der Waals surface area contributed by atoms with E-state index in [2.05, 4.69) is 5.32 Å². The number of amides is 2. The highest BCUT2D eigenvalue weighted by Gasteiger charge is 2.33. The topological polar surface area (TPSA) is 67.9 Å². The van der Waals surface area contributed by atoms with E-state index in [4.69, 9.17) is 21.7 Å². The van der Waals surface area contributed by atoms with Gasteiger partial charge >= 0.3 is 0 Å². The fourth-order valence-electron chi connectivity index (χ4n) is 3.76. The van der Waals surface area contributed by atoms with Gasteiger partial charge in [-0.1, -0.05) is 42.2 Å². The predicted molar refractivity (Wildman–Crippen MR) is 155 cm³/mol. The lowest BCUT2D eigenvalue weighted by Crippen LogP contribution is -2.27. The summed E-state index contributed by atoms with van der Waals surface area (Å²) >= 11 is 6.76. The summed E-state index contributed by atoms with van der Waals surface area (Å²) in [6, 6.07) is 16.9. The maximum absolute atomic E-state index is 13.2. The van der Waals surface area contributed by atoms with Gasteiger partial charge in [0.05, 0.1) is 17.7 Å². The first kappa shape index (κ1) is 26.4. The summed E-state index contributed by atoms with van der Waals surface area (Å²) < 4.78 is 11.7. The van der Waals surface area contributed by atoms with Crippen molar-refractivity contribution in [2.45, 2.75) is 27.7 Å². The molecular weight excluding hydrogens is 504 g/mol. The number of methoxy groups -OCH3 is 1. The molecule has 1 saturated heterocycles. The minimum atomic E-state index is -0.274. The van der Waals surface area contributed by atoms with E-state index >= 15 is 0 Å². The number of carbonyl (C=O) groups excluding carboxylic acids is 2. The number of thiocarbonyl (C=S) groups is 1. The van der Waals surface area contributed by atoms with Gasteiger partial charge < -0.3 is 14.8 Å². The number of thioether (sulfide) groups is 1. The molecule has 0 unspecified atom stereocenters. The second-order valence-electron chi connectivity index (χ2n) is 8.83. The van der Waals surface area contributed by atoms with E-state index in [1.807, 2.05) is 70.2 Å². The third kappa shape index (κ3) is 6.03. The molecule has 0 atom stereocenters. The molecule has 0 aromatic heterocycles. The van der Waals surface area contributed by atoms with Gasteiger partial charge in [-0.05, 0) is 98.0 Å². The summed E-state index contributed by atoms with van der Waals surface area (Å²) in [6.07, 6.45) is 1.78. The summed E-state index contributed by atoms with van der Waals surface area (Å²) in [5.41, 5.74) is 6.74. The van der Waals surface area contributed by atoms with Gasteiger partial charge in [0.2, 0.25) is 0 Å². The summed E-state index contributed by atoms with van der Waals surface area (Å²) in [5.74, 6) is 0.444. The quantitative estimate of drug-likeness (QED) is 0.282. The molecule has 3 aromatic carbocycles. The summed E-state index contributed by atoms with van der Waals surface area (Å²) in [7, 11) is 1.53. The Morgan fingerprint density at radius 1 is 0.946 bits per heavy atom. The van der Waals surface area contributed by atoms with Crippen LogP contribution in [0.25, 0.3) is 6.08 Å². The zero-order chi connectivity index (χ0) is 26.7. The minimum absolute atomic E-state index is 0.166. The van der Waals surface area contributed by atoms with E-state index in [1.54, 1.807) is 23.1 Å². The average molecular weight is 533 g/mol. The van der Waals surface area contributed by atoms with Crippen molar-refractivity contribution in [3.8, 4) is 11.5 Å². The van der Waals surface area contributed by atoms with Gasteiger partial charge in [0.1, 0.15) is 0 Å². The molecular formula is C29H28N2O4S2. The molecule has 37 heavy (non-hydrogen) atoms. The Balaban J connectivity index is 1.45. The number of carbonyl (C=O) groups is 2. The molecule has 3 aromatic rings. The molecule has 2 amide bonds. The summed E-state index contributed by atoms with van der Waals surface area (Å²) in [4.78, 5) is 27.6. The maximum Gasteiger partial charge on any atom is 0.270 e. The van der Waals surface area contributed by atoms with Crippen molar-refractivity contribution >= 4 is 57.6 Å². The number of rotatable bonds is 7. The average Bonchev–Trinajstić information content (AvgIpc) is 3.14. The fourth-order valence-corrected chi connectivity index (χ4v) is 5.06. The zero-order valence-electron chi connectivity index (χ0n) is 21.4. The van der Waals surface area contributed by atoms with E-state index in [9.17, 15) is 9.59 Å². The Kier molecular flexibility index (Phi) is 8.00. The van der Waals surface area contributed by atoms with Crippen LogP contribution in [0.5, 0.6) is 11.5 Å². The number of benzene rings is 3. The van der Waals surface area contributed by atoms with Crippen molar-refractivity contribution in [1.82, 2.24) is 0 Å². The highest BCUT2D eigenvalue weighted by molar-refractivity contribution is 8.27. The van der Waals surface area contributed by atoms with Crippen LogP contribution >= 0.6 is 24.0 Å². The van der Waals surface area contributed by atoms with Crippen molar-refractivity contribution in [1.29, 1.82) is 0 Å². The molecule has 6 nitrogen and oxygen atoms in total. The van der Waals surface area contributed by atoms with Gasteiger partial charge in [-0.3, -0.25) is 14.5 Å². The van der Waals surface area contributed by atoms with Crippen molar-refractivity contribution in [3.63, 3.8) is 0 Å². The SMILES string of the molecule is COc1cc(C=C2SC(=S)N(c3ccc(C)c(C)c3)C2=O)ccc1OCC(=O)Nc1ccc(C)c(C)c1. The normalized spacial score (nSPS) is 14.3. The number of aryl methyl sites for hydroxylation is 4. The van der Waals surface area contributed by atoms with Crippen LogP contribution in [-0.4, -0.2) is 29.9 Å². The molecule has 1 fully saturated rings. The molecule has 0 bridgehead atoms. The number of anilines is 2. The van der Waals surface area contributed by atoms with Gasteiger partial charge in [0.25, 0.3) is 11.8 Å². The van der Waals surface area contributed by atoms with Gasteiger partial charge in [0, 0.05) is 5.69 Å². The largest absolute Gasteiger partial charge is 0.493 e. The number of hydrogen-bond acceptors (Lipinski definition) is 6. The molecule has 1 aliphatic rings. The van der Waals surface area contributed by atoms with Crippen molar-refractivity contribution in [2.24, 2.45) is 0 Å². The van der Waals surface area contributed by atoms with Gasteiger partial charge in [-0.25, -0.2) is 0 Å². The Morgan fingerprint density at radius 2 is 1.65 bits per heavy atom. The van der Waals surface area contributed by atoms with Gasteiger partial charge in [0.15, 0.2) is 22.4 Å². The van der Waals surface area contributed by atoms with Crippen LogP contribution in [0.3, 0.4) is 0 Å². The predicted octanol–water partition coefficient (Wildman–Crippen LogP) is 6.35. The van der Waals surface area contributed by atoms with E-state index in [1.165, 1.54) is 18.9 Å². The second kappa shape index (κ2) is 11.2. The van der Waals surface area contributed by atoms with Gasteiger partial charge in [-0.15, -0.1) is 0 Å². The van der Waals surface area contributed by atoms with Crippen molar-refractivity contribution < 1.29 is 19.1 Å². The first-order valence-corrected chi connectivity index (χ1v) is 12.9. The van der Waals surface area contributed by atoms with Crippen LogP contribution in [0.2, 0.25) is 0 Å². The molecule has 1 heterocycles. The Labute approximate surface area is 226 Å². The minimum Gasteiger partial charge on any atom is -0.493 e. The Morgan fingerprint density at radius 3 is 2.32 bits per heavy atom. The van der Waals surface area contributed by atoms with E-state index in [0.717, 1.165) is 39.2 Å². The number of nitrogens with zero attached hydrogens (tertiary/aromatic N) is 1. The maximum atomic E-state index is 13.2. The lowest BCUT2D eigenvalue weighted by Gasteiger charge is -2.16. The number of ether oxygens (including phenoxy) is 2. The van der Waals surface area contributed by atoms with Crippen LogP contribution in [0.4, 0.5) is 11.4 Å². The number of hydrogen-bond donors (Lipinski definition) is 1. The molecule has 0 saturated carbocycles. The lowest BCUT2D eigenvalue weighted by atomic mass is 10.1.